The number of ether oxygens (including phenoxy) is 1. The van der Waals surface area contributed by atoms with E-state index in [1.54, 1.807) is 18.2 Å². The molecule has 2 aromatic carbocycles. The summed E-state index contributed by atoms with van der Waals surface area (Å²) < 4.78 is 6.71. The molecule has 0 saturated carbocycles. The number of Topliss-reactive ketones (excluding diaryl/α,β-unsaturated/α-hetero) is 1. The molecule has 1 N–H and O–H groups in total. The molecular formula is C20H19ClN2O3S. The number of hydrogen-bond donors (Lipinski definition) is 1. The number of carbonyl (C=O) groups excluding carboxylic acids is 2. The number of hydrogen-bond acceptors (Lipinski definition) is 5. The zero-order valence-electron chi connectivity index (χ0n) is 15.0. The highest BCUT2D eigenvalue weighted by molar-refractivity contribution is 7.22. The van der Waals surface area contributed by atoms with Gasteiger partial charge in [-0.25, -0.2) is 4.98 Å². The van der Waals surface area contributed by atoms with Crippen molar-refractivity contribution in [2.24, 2.45) is 0 Å². The molecule has 0 bridgehead atoms. The molecule has 1 amide bonds. The van der Waals surface area contributed by atoms with Crippen molar-refractivity contribution in [2.45, 2.75) is 19.8 Å². The molecule has 140 valence electrons. The Morgan fingerprint density at radius 1 is 1.22 bits per heavy atom. The predicted octanol–water partition coefficient (Wildman–Crippen LogP) is 4.86. The molecule has 7 heteroatoms. The van der Waals surface area contributed by atoms with Gasteiger partial charge in [0.15, 0.2) is 17.5 Å². The number of nitrogens with one attached hydrogen (secondary N) is 1. The summed E-state index contributed by atoms with van der Waals surface area (Å²) in [5.41, 5.74) is 2.25. The molecule has 0 saturated heterocycles. The van der Waals surface area contributed by atoms with Gasteiger partial charge >= 0.3 is 0 Å². The summed E-state index contributed by atoms with van der Waals surface area (Å²) in [6.07, 6.45) is 0. The zero-order valence-corrected chi connectivity index (χ0v) is 16.6. The second-order valence-corrected chi connectivity index (χ2v) is 7.59. The number of anilines is 1. The van der Waals surface area contributed by atoms with Crippen LogP contribution in [-0.4, -0.2) is 29.2 Å². The maximum absolute atomic E-state index is 12.2. The highest BCUT2D eigenvalue weighted by Crippen LogP contribution is 2.28. The first-order chi connectivity index (χ1) is 13.0. The fraction of sp³-hybridized carbons (Fsp3) is 0.250. The van der Waals surface area contributed by atoms with Crippen LogP contribution in [0.2, 0.25) is 0 Å². The summed E-state index contributed by atoms with van der Waals surface area (Å²) in [4.78, 5) is 28.4. The van der Waals surface area contributed by atoms with Gasteiger partial charge in [0.2, 0.25) is 0 Å². The number of carbonyl (C=O) groups is 2. The van der Waals surface area contributed by atoms with E-state index in [2.05, 4.69) is 10.3 Å². The minimum Gasteiger partial charge on any atom is -0.483 e. The minimum atomic E-state index is -0.287. The van der Waals surface area contributed by atoms with Crippen molar-refractivity contribution in [3.8, 4) is 5.75 Å². The summed E-state index contributed by atoms with van der Waals surface area (Å²) in [6, 6.07) is 12.8. The van der Waals surface area contributed by atoms with Crippen molar-refractivity contribution >= 4 is 50.0 Å². The van der Waals surface area contributed by atoms with E-state index in [1.807, 2.05) is 38.1 Å². The Bertz CT molecular complexity index is 951. The first-order valence-electron chi connectivity index (χ1n) is 8.49. The molecular weight excluding hydrogens is 384 g/mol. The fourth-order valence-electron chi connectivity index (χ4n) is 2.61. The van der Waals surface area contributed by atoms with E-state index in [0.717, 1.165) is 15.8 Å². The predicted molar refractivity (Wildman–Crippen MR) is 109 cm³/mol. The summed E-state index contributed by atoms with van der Waals surface area (Å²) in [5, 5.41) is 3.30. The number of rotatable bonds is 7. The average molecular weight is 403 g/mol. The number of thiazole rings is 1. The van der Waals surface area contributed by atoms with Gasteiger partial charge in [0.25, 0.3) is 5.91 Å². The monoisotopic (exact) mass is 402 g/mol. The number of alkyl halides is 1. The van der Waals surface area contributed by atoms with Crippen molar-refractivity contribution in [3.63, 3.8) is 0 Å². The molecule has 1 heterocycles. The van der Waals surface area contributed by atoms with Crippen molar-refractivity contribution in [1.29, 1.82) is 0 Å². The molecule has 0 aliphatic carbocycles. The van der Waals surface area contributed by atoms with E-state index in [1.165, 1.54) is 11.3 Å². The van der Waals surface area contributed by atoms with Gasteiger partial charge in [0, 0.05) is 5.56 Å². The topological polar surface area (TPSA) is 68.3 Å². The fourth-order valence-corrected chi connectivity index (χ4v) is 3.64. The molecule has 3 rings (SSSR count). The average Bonchev–Trinajstić information content (AvgIpc) is 3.07. The lowest BCUT2D eigenvalue weighted by Crippen LogP contribution is -2.20. The van der Waals surface area contributed by atoms with Gasteiger partial charge < -0.3 is 4.74 Å². The third kappa shape index (κ3) is 4.64. The molecule has 0 aliphatic heterocycles. The lowest BCUT2D eigenvalue weighted by molar-refractivity contribution is -0.118. The molecule has 0 atom stereocenters. The lowest BCUT2D eigenvalue weighted by atomic mass is 9.98. The number of nitrogens with zero attached hydrogens (tertiary/aromatic N) is 1. The van der Waals surface area contributed by atoms with Crippen molar-refractivity contribution in [1.82, 2.24) is 4.98 Å². The van der Waals surface area contributed by atoms with Crippen LogP contribution in [0.3, 0.4) is 0 Å². The third-order valence-electron chi connectivity index (χ3n) is 3.97. The number of aromatic nitrogens is 1. The molecule has 0 aliphatic rings. The van der Waals surface area contributed by atoms with Crippen LogP contribution in [-0.2, 0) is 4.79 Å². The van der Waals surface area contributed by atoms with E-state index < -0.39 is 0 Å². The zero-order chi connectivity index (χ0) is 19.4. The van der Waals surface area contributed by atoms with Gasteiger partial charge in [-0.3, -0.25) is 14.9 Å². The number of halogens is 1. The number of ketones is 1. The Balaban J connectivity index is 1.68. The van der Waals surface area contributed by atoms with Crippen LogP contribution < -0.4 is 10.1 Å². The molecule has 5 nitrogen and oxygen atoms in total. The number of fused-ring (bicyclic) bond motifs is 1. The molecule has 0 spiro atoms. The highest BCUT2D eigenvalue weighted by atomic mass is 35.5. The lowest BCUT2D eigenvalue weighted by Gasteiger charge is -2.15. The van der Waals surface area contributed by atoms with E-state index in [0.29, 0.717) is 16.4 Å². The third-order valence-corrected chi connectivity index (χ3v) is 5.17. The highest BCUT2D eigenvalue weighted by Gasteiger charge is 2.14. The van der Waals surface area contributed by atoms with E-state index in [-0.39, 0.29) is 30.1 Å². The minimum absolute atomic E-state index is 0.0672. The maximum atomic E-state index is 12.2. The first kappa shape index (κ1) is 19.3. The Morgan fingerprint density at radius 3 is 2.70 bits per heavy atom. The van der Waals surface area contributed by atoms with Crippen LogP contribution in [0.5, 0.6) is 5.75 Å². The Hall–Kier alpha value is -2.44. The van der Waals surface area contributed by atoms with Gasteiger partial charge in [-0.2, -0.15) is 0 Å². The smallest absolute Gasteiger partial charge is 0.264 e. The Kier molecular flexibility index (Phi) is 6.08. The van der Waals surface area contributed by atoms with Crippen LogP contribution in [0.1, 0.15) is 35.7 Å². The number of para-hydroxylation sites is 1. The molecule has 0 fully saturated rings. The van der Waals surface area contributed by atoms with Gasteiger partial charge in [-0.1, -0.05) is 37.3 Å². The number of benzene rings is 2. The first-order valence-corrected chi connectivity index (χ1v) is 9.84. The van der Waals surface area contributed by atoms with Crippen LogP contribution >= 0.6 is 22.9 Å². The summed E-state index contributed by atoms with van der Waals surface area (Å²) >= 11 is 7.04. The van der Waals surface area contributed by atoms with Crippen LogP contribution in [0.15, 0.2) is 42.5 Å². The van der Waals surface area contributed by atoms with Crippen molar-refractivity contribution < 1.29 is 14.3 Å². The second-order valence-electron chi connectivity index (χ2n) is 6.29. The maximum Gasteiger partial charge on any atom is 0.264 e. The largest absolute Gasteiger partial charge is 0.483 e. The number of amides is 1. The van der Waals surface area contributed by atoms with Crippen LogP contribution in [0.4, 0.5) is 5.13 Å². The van der Waals surface area contributed by atoms with Gasteiger partial charge in [0.05, 0.1) is 16.1 Å². The van der Waals surface area contributed by atoms with Crippen molar-refractivity contribution in [3.05, 3.63) is 53.6 Å². The van der Waals surface area contributed by atoms with E-state index in [4.69, 9.17) is 16.3 Å². The molecule has 1 aromatic heterocycles. The standard InChI is InChI=1S/C20H19ClN2O3S/c1-12(2)14-9-13(16(24)10-21)7-8-17(14)26-11-19(25)23-20-22-15-5-3-4-6-18(15)27-20/h3-9,12H,10-11H2,1-2H3,(H,22,23,25). The Morgan fingerprint density at radius 2 is 2.00 bits per heavy atom. The van der Waals surface area contributed by atoms with Gasteiger partial charge in [-0.15, -0.1) is 11.6 Å². The normalized spacial score (nSPS) is 11.0. The second kappa shape index (κ2) is 8.50. The van der Waals surface area contributed by atoms with E-state index in [9.17, 15) is 9.59 Å². The summed E-state index contributed by atoms with van der Waals surface area (Å²) in [7, 11) is 0. The van der Waals surface area contributed by atoms with E-state index >= 15 is 0 Å². The molecule has 27 heavy (non-hydrogen) atoms. The Labute approximate surface area is 166 Å². The van der Waals surface area contributed by atoms with Crippen molar-refractivity contribution in [2.75, 3.05) is 17.8 Å². The van der Waals surface area contributed by atoms with Crippen LogP contribution in [0.25, 0.3) is 10.2 Å². The molecule has 3 aromatic rings. The molecule has 0 radical (unpaired) electrons. The van der Waals surface area contributed by atoms with Gasteiger partial charge in [-0.05, 0) is 41.8 Å². The summed E-state index contributed by atoms with van der Waals surface area (Å²) in [5.74, 6) is 0.219. The quantitative estimate of drug-likeness (QED) is 0.452. The SMILES string of the molecule is CC(C)c1cc(C(=O)CCl)ccc1OCC(=O)Nc1nc2ccccc2s1. The van der Waals surface area contributed by atoms with Crippen LogP contribution in [0, 0.1) is 0 Å². The molecule has 0 unspecified atom stereocenters. The summed E-state index contributed by atoms with van der Waals surface area (Å²) in [6.45, 7) is 3.86. The van der Waals surface area contributed by atoms with Gasteiger partial charge in [0.1, 0.15) is 5.75 Å².